The number of nitrogens with zero attached hydrogens (tertiary/aromatic N) is 5. The molecule has 0 unspecified atom stereocenters. The molecule has 0 amide bonds. The van der Waals surface area contributed by atoms with E-state index in [0.29, 0.717) is 0 Å². The molecule has 0 spiro atoms. The maximum absolute atomic E-state index is 11.2. The minimum absolute atomic E-state index is 0.0841. The number of aromatic nitrogens is 3. The van der Waals surface area contributed by atoms with E-state index in [2.05, 4.69) is 9.55 Å². The van der Waals surface area contributed by atoms with Crippen molar-refractivity contribution in [3.05, 3.63) is 93.1 Å². The standard InChI is InChI=1S/C22H21N5O2S/c1-17-5-2-7-19(13-17)24-22-26(11-4-10-25-12-9-23-16-25)21(15-30-22)18-6-3-8-20(14-18)27(28)29/h2-3,5-9,12-16H,4,10-11H2,1H3. The van der Waals surface area contributed by atoms with Crippen molar-refractivity contribution in [2.75, 3.05) is 0 Å². The van der Waals surface area contributed by atoms with Gasteiger partial charge in [-0.2, -0.15) is 0 Å². The topological polar surface area (TPSA) is 78.2 Å². The number of imidazole rings is 1. The third-order valence-electron chi connectivity index (χ3n) is 4.73. The zero-order chi connectivity index (χ0) is 20.9. The summed E-state index contributed by atoms with van der Waals surface area (Å²) in [6, 6.07) is 14.8. The Kier molecular flexibility index (Phi) is 5.85. The fourth-order valence-electron chi connectivity index (χ4n) is 3.28. The van der Waals surface area contributed by atoms with E-state index in [1.807, 2.05) is 53.4 Å². The second kappa shape index (κ2) is 8.87. The van der Waals surface area contributed by atoms with Gasteiger partial charge in [0, 0.05) is 48.6 Å². The second-order valence-corrected chi connectivity index (χ2v) is 7.80. The first-order valence-electron chi connectivity index (χ1n) is 9.60. The van der Waals surface area contributed by atoms with Crippen molar-refractivity contribution in [1.82, 2.24) is 14.1 Å². The number of nitro groups is 1. The Labute approximate surface area is 177 Å². The maximum Gasteiger partial charge on any atom is 0.270 e. The van der Waals surface area contributed by atoms with E-state index in [1.54, 1.807) is 36.0 Å². The molecule has 4 aromatic rings. The van der Waals surface area contributed by atoms with Crippen molar-refractivity contribution in [1.29, 1.82) is 0 Å². The number of non-ortho nitro benzene ring substituents is 1. The van der Waals surface area contributed by atoms with Gasteiger partial charge in [0.15, 0.2) is 4.80 Å². The number of thiazole rings is 1. The van der Waals surface area contributed by atoms with E-state index in [1.165, 1.54) is 6.07 Å². The maximum atomic E-state index is 11.2. The summed E-state index contributed by atoms with van der Waals surface area (Å²) >= 11 is 1.54. The van der Waals surface area contributed by atoms with Crippen LogP contribution in [0, 0.1) is 17.0 Å². The summed E-state index contributed by atoms with van der Waals surface area (Å²) < 4.78 is 4.18. The zero-order valence-corrected chi connectivity index (χ0v) is 17.3. The quantitative estimate of drug-likeness (QED) is 0.314. The third-order valence-corrected chi connectivity index (χ3v) is 5.60. The molecule has 0 radical (unpaired) electrons. The van der Waals surface area contributed by atoms with E-state index in [4.69, 9.17) is 4.99 Å². The molecule has 30 heavy (non-hydrogen) atoms. The molecule has 0 aliphatic carbocycles. The molecule has 0 aliphatic heterocycles. The molecule has 0 aliphatic rings. The highest BCUT2D eigenvalue weighted by atomic mass is 32.1. The van der Waals surface area contributed by atoms with Crippen molar-refractivity contribution in [2.24, 2.45) is 4.99 Å². The van der Waals surface area contributed by atoms with Crippen LogP contribution in [0.15, 0.2) is 77.6 Å². The van der Waals surface area contributed by atoms with Crippen LogP contribution in [-0.4, -0.2) is 19.0 Å². The number of rotatable bonds is 7. The van der Waals surface area contributed by atoms with Gasteiger partial charge < -0.3 is 9.13 Å². The fraction of sp³-hybridized carbons (Fsp3) is 0.182. The predicted molar refractivity (Wildman–Crippen MR) is 118 cm³/mol. The molecule has 2 aromatic heterocycles. The highest BCUT2D eigenvalue weighted by Crippen LogP contribution is 2.25. The van der Waals surface area contributed by atoms with Gasteiger partial charge in [0.05, 0.1) is 22.6 Å². The first-order chi connectivity index (χ1) is 14.6. The monoisotopic (exact) mass is 419 g/mol. The van der Waals surface area contributed by atoms with Crippen LogP contribution in [0.2, 0.25) is 0 Å². The number of aryl methyl sites for hydroxylation is 2. The summed E-state index contributed by atoms with van der Waals surface area (Å²) in [5.74, 6) is 0. The van der Waals surface area contributed by atoms with E-state index in [0.717, 1.165) is 46.8 Å². The van der Waals surface area contributed by atoms with Gasteiger partial charge in [0.1, 0.15) is 0 Å². The van der Waals surface area contributed by atoms with Gasteiger partial charge in [-0.3, -0.25) is 10.1 Å². The fourth-order valence-corrected chi connectivity index (χ4v) is 4.24. The largest absolute Gasteiger partial charge is 0.337 e. The lowest BCUT2D eigenvalue weighted by atomic mass is 10.1. The van der Waals surface area contributed by atoms with Crippen LogP contribution in [0.3, 0.4) is 0 Å². The van der Waals surface area contributed by atoms with Crippen molar-refractivity contribution in [3.8, 4) is 11.3 Å². The summed E-state index contributed by atoms with van der Waals surface area (Å²) in [5, 5.41) is 13.2. The minimum atomic E-state index is -0.364. The van der Waals surface area contributed by atoms with Gasteiger partial charge in [-0.15, -0.1) is 11.3 Å². The molecule has 152 valence electrons. The number of hydrogen-bond donors (Lipinski definition) is 0. The first-order valence-corrected chi connectivity index (χ1v) is 10.5. The van der Waals surface area contributed by atoms with Gasteiger partial charge >= 0.3 is 0 Å². The molecular formula is C22H21N5O2S. The summed E-state index contributed by atoms with van der Waals surface area (Å²) in [5.41, 5.74) is 3.87. The van der Waals surface area contributed by atoms with Crippen LogP contribution in [-0.2, 0) is 13.1 Å². The van der Waals surface area contributed by atoms with Crippen LogP contribution in [0.4, 0.5) is 11.4 Å². The molecule has 0 saturated carbocycles. The van der Waals surface area contributed by atoms with E-state index in [-0.39, 0.29) is 10.6 Å². The lowest BCUT2D eigenvalue weighted by Crippen LogP contribution is -2.17. The average Bonchev–Trinajstić information content (AvgIpc) is 3.39. The summed E-state index contributed by atoms with van der Waals surface area (Å²) in [7, 11) is 0. The lowest BCUT2D eigenvalue weighted by molar-refractivity contribution is -0.384. The Morgan fingerprint density at radius 1 is 1.17 bits per heavy atom. The lowest BCUT2D eigenvalue weighted by Gasteiger charge is -2.10. The highest BCUT2D eigenvalue weighted by Gasteiger charge is 2.12. The van der Waals surface area contributed by atoms with Crippen molar-refractivity contribution in [3.63, 3.8) is 0 Å². The van der Waals surface area contributed by atoms with Crippen LogP contribution >= 0.6 is 11.3 Å². The van der Waals surface area contributed by atoms with Crippen LogP contribution < -0.4 is 4.80 Å². The SMILES string of the molecule is Cc1cccc(N=c2scc(-c3cccc([N+](=O)[O-])c3)n2CCCn2ccnc2)c1. The van der Waals surface area contributed by atoms with Crippen molar-refractivity contribution >= 4 is 22.7 Å². The smallest absolute Gasteiger partial charge is 0.270 e. The van der Waals surface area contributed by atoms with Crippen molar-refractivity contribution in [2.45, 2.75) is 26.4 Å². The Bertz CT molecular complexity index is 1220. The minimum Gasteiger partial charge on any atom is -0.337 e. The molecule has 0 N–H and O–H groups in total. The van der Waals surface area contributed by atoms with E-state index in [9.17, 15) is 10.1 Å². The van der Waals surface area contributed by atoms with Gasteiger partial charge in [0.25, 0.3) is 5.69 Å². The second-order valence-electron chi connectivity index (χ2n) is 6.97. The number of hydrogen-bond acceptors (Lipinski definition) is 5. The molecule has 8 heteroatoms. The summed E-state index contributed by atoms with van der Waals surface area (Å²) in [6.45, 7) is 3.62. The number of nitro benzene ring substituents is 1. The van der Waals surface area contributed by atoms with Crippen LogP contribution in [0.1, 0.15) is 12.0 Å². The molecule has 4 rings (SSSR count). The van der Waals surface area contributed by atoms with Gasteiger partial charge in [-0.05, 0) is 31.0 Å². The highest BCUT2D eigenvalue weighted by molar-refractivity contribution is 7.07. The molecule has 0 atom stereocenters. The number of benzene rings is 2. The molecule has 7 nitrogen and oxygen atoms in total. The molecule has 2 aromatic carbocycles. The molecule has 0 saturated heterocycles. The van der Waals surface area contributed by atoms with Gasteiger partial charge in [0.2, 0.25) is 0 Å². The third kappa shape index (κ3) is 4.55. The Balaban J connectivity index is 1.73. The Hall–Kier alpha value is -3.52. The van der Waals surface area contributed by atoms with Crippen LogP contribution in [0.5, 0.6) is 0 Å². The molecule has 0 bridgehead atoms. The Morgan fingerprint density at radius 2 is 2.03 bits per heavy atom. The van der Waals surface area contributed by atoms with Gasteiger partial charge in [-0.1, -0.05) is 24.3 Å². The average molecular weight is 420 g/mol. The normalized spacial score (nSPS) is 11.7. The summed E-state index contributed by atoms with van der Waals surface area (Å²) in [4.78, 5) is 20.7. The van der Waals surface area contributed by atoms with E-state index < -0.39 is 0 Å². The van der Waals surface area contributed by atoms with Crippen LogP contribution in [0.25, 0.3) is 11.3 Å². The molecule has 2 heterocycles. The first kappa shape index (κ1) is 19.8. The molecule has 0 fully saturated rings. The molecular weight excluding hydrogens is 398 g/mol. The van der Waals surface area contributed by atoms with Crippen molar-refractivity contribution < 1.29 is 4.92 Å². The zero-order valence-electron chi connectivity index (χ0n) is 16.5. The Morgan fingerprint density at radius 3 is 2.80 bits per heavy atom. The van der Waals surface area contributed by atoms with E-state index >= 15 is 0 Å². The summed E-state index contributed by atoms with van der Waals surface area (Å²) in [6.07, 6.45) is 6.40. The predicted octanol–water partition coefficient (Wildman–Crippen LogP) is 4.95. The van der Waals surface area contributed by atoms with Gasteiger partial charge in [-0.25, -0.2) is 9.98 Å².